The van der Waals surface area contributed by atoms with Gasteiger partial charge in [0.1, 0.15) is 25.3 Å². The second kappa shape index (κ2) is 9.95. The lowest BCUT2D eigenvalue weighted by atomic mass is 10.1. The summed E-state index contributed by atoms with van der Waals surface area (Å²) in [6, 6.07) is 12.9. The zero-order valence-electron chi connectivity index (χ0n) is 16.6. The molecule has 30 heavy (non-hydrogen) atoms. The summed E-state index contributed by atoms with van der Waals surface area (Å²) in [4.78, 5) is 36.5. The molecule has 1 fully saturated rings. The van der Waals surface area contributed by atoms with Crippen molar-refractivity contribution in [3.05, 3.63) is 69.8 Å². The number of rotatable bonds is 7. The maximum Gasteiger partial charge on any atom is 0.338 e. The van der Waals surface area contributed by atoms with Crippen molar-refractivity contribution in [1.82, 2.24) is 0 Å². The maximum atomic E-state index is 12.4. The summed E-state index contributed by atoms with van der Waals surface area (Å²) in [6.07, 6.45) is -1.12. The highest BCUT2D eigenvalue weighted by Gasteiger charge is 2.22. The SMILES string of the molecule is C[C@H](OC(=O)c1ccc(C[NH+]2CCOCC2)cc1)C(=O)Nc1ccccc1[N+](=O)[O-]. The first kappa shape index (κ1) is 21.4. The Labute approximate surface area is 173 Å². The van der Waals surface area contributed by atoms with Gasteiger partial charge in [0.15, 0.2) is 6.10 Å². The highest BCUT2D eigenvalue weighted by Crippen LogP contribution is 2.23. The summed E-state index contributed by atoms with van der Waals surface area (Å²) in [7, 11) is 0. The molecule has 9 nitrogen and oxygen atoms in total. The number of nitro benzene ring substituents is 1. The van der Waals surface area contributed by atoms with Gasteiger partial charge in [-0.3, -0.25) is 14.9 Å². The van der Waals surface area contributed by atoms with Crippen LogP contribution in [0.15, 0.2) is 48.5 Å². The number of carbonyl (C=O) groups is 2. The van der Waals surface area contributed by atoms with Crippen LogP contribution in [0.5, 0.6) is 0 Å². The number of nitrogens with zero attached hydrogens (tertiary/aromatic N) is 1. The first-order valence-corrected chi connectivity index (χ1v) is 9.69. The van der Waals surface area contributed by atoms with Crippen LogP contribution in [0.4, 0.5) is 11.4 Å². The molecule has 9 heteroatoms. The van der Waals surface area contributed by atoms with Gasteiger partial charge in [0, 0.05) is 11.6 Å². The number of quaternary nitrogens is 1. The van der Waals surface area contributed by atoms with Gasteiger partial charge >= 0.3 is 5.97 Å². The van der Waals surface area contributed by atoms with Gasteiger partial charge in [-0.25, -0.2) is 4.79 Å². The Morgan fingerprint density at radius 1 is 1.17 bits per heavy atom. The fourth-order valence-electron chi connectivity index (χ4n) is 3.14. The van der Waals surface area contributed by atoms with Gasteiger partial charge in [0.05, 0.1) is 23.7 Å². The van der Waals surface area contributed by atoms with E-state index in [1.807, 2.05) is 12.1 Å². The molecule has 0 aliphatic carbocycles. The molecule has 1 amide bonds. The van der Waals surface area contributed by atoms with E-state index < -0.39 is 22.9 Å². The molecule has 0 spiro atoms. The summed E-state index contributed by atoms with van der Waals surface area (Å²) < 4.78 is 10.6. The Morgan fingerprint density at radius 2 is 1.83 bits per heavy atom. The standard InChI is InChI=1S/C21H23N3O6/c1-15(20(25)22-18-4-2-3-5-19(18)24(27)28)30-21(26)17-8-6-16(7-9-17)14-23-10-12-29-13-11-23/h2-9,15H,10-14H2,1H3,(H,22,25)/p+1/t15-/m0/s1. The Hall–Kier alpha value is -3.30. The number of nitrogens with one attached hydrogen (secondary N) is 2. The molecule has 1 aliphatic heterocycles. The van der Waals surface area contributed by atoms with Crippen molar-refractivity contribution in [2.75, 3.05) is 31.6 Å². The number of hydrogen-bond donors (Lipinski definition) is 2. The average molecular weight is 414 g/mol. The maximum absolute atomic E-state index is 12.4. The topological polar surface area (TPSA) is 112 Å². The van der Waals surface area contributed by atoms with Crippen molar-refractivity contribution in [2.24, 2.45) is 0 Å². The van der Waals surface area contributed by atoms with Crippen molar-refractivity contribution in [2.45, 2.75) is 19.6 Å². The number of carbonyl (C=O) groups excluding carboxylic acids is 2. The molecule has 0 aromatic heterocycles. The molecule has 1 atom stereocenters. The number of hydrogen-bond acceptors (Lipinski definition) is 6. The van der Waals surface area contributed by atoms with E-state index in [4.69, 9.17) is 9.47 Å². The lowest BCUT2D eigenvalue weighted by molar-refractivity contribution is -0.921. The fraction of sp³-hybridized carbons (Fsp3) is 0.333. The first-order valence-electron chi connectivity index (χ1n) is 9.69. The number of morpholine rings is 1. The predicted octanol–water partition coefficient (Wildman–Crippen LogP) is 1.19. The van der Waals surface area contributed by atoms with E-state index in [-0.39, 0.29) is 11.4 Å². The Morgan fingerprint density at radius 3 is 2.50 bits per heavy atom. The molecule has 1 aliphatic rings. The van der Waals surface area contributed by atoms with Crippen LogP contribution in [-0.4, -0.2) is 49.2 Å². The van der Waals surface area contributed by atoms with E-state index in [1.165, 1.54) is 30.0 Å². The van der Waals surface area contributed by atoms with E-state index in [0.717, 1.165) is 38.4 Å². The molecular weight excluding hydrogens is 390 g/mol. The van der Waals surface area contributed by atoms with Gasteiger partial charge in [-0.15, -0.1) is 0 Å². The van der Waals surface area contributed by atoms with E-state index in [0.29, 0.717) is 5.56 Å². The molecule has 3 rings (SSSR count). The van der Waals surface area contributed by atoms with Crippen molar-refractivity contribution >= 4 is 23.3 Å². The van der Waals surface area contributed by atoms with Crippen molar-refractivity contribution < 1.29 is 28.9 Å². The number of nitro groups is 1. The van der Waals surface area contributed by atoms with E-state index >= 15 is 0 Å². The summed E-state index contributed by atoms with van der Waals surface area (Å²) in [6.45, 7) is 5.69. The molecule has 158 valence electrons. The van der Waals surface area contributed by atoms with Crippen LogP contribution >= 0.6 is 0 Å². The number of para-hydroxylation sites is 2. The number of esters is 1. The lowest BCUT2D eigenvalue weighted by Crippen LogP contribution is -3.12. The zero-order chi connectivity index (χ0) is 21.5. The molecule has 1 heterocycles. The van der Waals surface area contributed by atoms with Crippen molar-refractivity contribution in [1.29, 1.82) is 0 Å². The fourth-order valence-corrected chi connectivity index (χ4v) is 3.14. The summed E-state index contributed by atoms with van der Waals surface area (Å²) in [5.41, 5.74) is 1.25. The molecule has 0 bridgehead atoms. The normalized spacial score (nSPS) is 15.2. The van der Waals surface area contributed by atoms with Gasteiger partial charge in [0.25, 0.3) is 11.6 Å². The van der Waals surface area contributed by atoms with Crippen molar-refractivity contribution in [3.8, 4) is 0 Å². The van der Waals surface area contributed by atoms with Gasteiger partial charge < -0.3 is 19.7 Å². The Balaban J connectivity index is 1.55. The minimum Gasteiger partial charge on any atom is -0.449 e. The van der Waals surface area contributed by atoms with Crippen LogP contribution in [-0.2, 0) is 20.8 Å². The average Bonchev–Trinajstić information content (AvgIpc) is 2.75. The van der Waals surface area contributed by atoms with Gasteiger partial charge in [-0.1, -0.05) is 24.3 Å². The number of benzene rings is 2. The quantitative estimate of drug-likeness (QED) is 0.400. The third kappa shape index (κ3) is 5.62. The summed E-state index contributed by atoms with van der Waals surface area (Å²) in [5, 5.41) is 13.5. The Kier molecular flexibility index (Phi) is 7.10. The van der Waals surface area contributed by atoms with Gasteiger partial charge in [0.2, 0.25) is 0 Å². The minimum atomic E-state index is -1.12. The Bertz CT molecular complexity index is 909. The van der Waals surface area contributed by atoms with E-state index in [2.05, 4.69) is 5.32 Å². The minimum absolute atomic E-state index is 0.0466. The summed E-state index contributed by atoms with van der Waals surface area (Å²) >= 11 is 0. The third-order valence-corrected chi connectivity index (χ3v) is 4.86. The first-order chi connectivity index (χ1) is 14.4. The van der Waals surface area contributed by atoms with E-state index in [1.54, 1.807) is 18.2 Å². The van der Waals surface area contributed by atoms with Gasteiger partial charge in [-0.05, 0) is 25.1 Å². The second-order valence-electron chi connectivity index (χ2n) is 7.05. The third-order valence-electron chi connectivity index (χ3n) is 4.86. The molecule has 1 saturated heterocycles. The smallest absolute Gasteiger partial charge is 0.338 e. The highest BCUT2D eigenvalue weighted by molar-refractivity contribution is 5.98. The van der Waals surface area contributed by atoms with Crippen LogP contribution in [0.25, 0.3) is 0 Å². The van der Waals surface area contributed by atoms with Crippen LogP contribution in [0, 0.1) is 10.1 Å². The van der Waals surface area contributed by atoms with Crippen LogP contribution in [0.1, 0.15) is 22.8 Å². The summed E-state index contributed by atoms with van der Waals surface area (Å²) in [5.74, 6) is -1.28. The second-order valence-corrected chi connectivity index (χ2v) is 7.05. The van der Waals surface area contributed by atoms with Crippen LogP contribution < -0.4 is 10.2 Å². The molecular formula is C21H24N3O6+. The highest BCUT2D eigenvalue weighted by atomic mass is 16.6. The molecule has 0 radical (unpaired) electrons. The van der Waals surface area contributed by atoms with Gasteiger partial charge in [-0.2, -0.15) is 0 Å². The van der Waals surface area contributed by atoms with E-state index in [9.17, 15) is 19.7 Å². The largest absolute Gasteiger partial charge is 0.449 e. The molecule has 2 N–H and O–H groups in total. The van der Waals surface area contributed by atoms with Crippen LogP contribution in [0.3, 0.4) is 0 Å². The zero-order valence-corrected chi connectivity index (χ0v) is 16.6. The number of ether oxygens (including phenoxy) is 2. The molecule has 0 unspecified atom stereocenters. The lowest BCUT2D eigenvalue weighted by Gasteiger charge is -2.23. The molecule has 2 aromatic carbocycles. The molecule has 2 aromatic rings. The van der Waals surface area contributed by atoms with Crippen molar-refractivity contribution in [3.63, 3.8) is 0 Å². The molecule has 0 saturated carbocycles. The monoisotopic (exact) mass is 414 g/mol. The van der Waals surface area contributed by atoms with Crippen LogP contribution in [0.2, 0.25) is 0 Å². The number of anilines is 1. The predicted molar refractivity (Wildman–Crippen MR) is 108 cm³/mol. The number of amides is 1.